The Morgan fingerprint density at radius 1 is 1.06 bits per heavy atom. The lowest BCUT2D eigenvalue weighted by molar-refractivity contribution is -0.107. The number of hydrogen-bond acceptors (Lipinski definition) is 5. The SMILES string of the molecule is Nc1ccc(CO)c(-c2ccc3c(CC=O)cn(Cc4csc5ccc(Cl)cc45)c3c2)n1. The molecule has 0 saturated heterocycles. The Labute approximate surface area is 193 Å². The van der Waals surface area contributed by atoms with E-state index in [1.807, 2.05) is 42.6 Å². The number of anilines is 1. The lowest BCUT2D eigenvalue weighted by atomic mass is 10.0. The average Bonchev–Trinajstić information content (AvgIpc) is 3.35. The van der Waals surface area contributed by atoms with Crippen LogP contribution in [0.5, 0.6) is 0 Å². The molecule has 0 aliphatic heterocycles. The summed E-state index contributed by atoms with van der Waals surface area (Å²) in [6.45, 7) is 0.524. The summed E-state index contributed by atoms with van der Waals surface area (Å²) in [4.78, 5) is 15.8. The van der Waals surface area contributed by atoms with E-state index in [0.717, 1.165) is 33.7 Å². The van der Waals surface area contributed by atoms with E-state index in [9.17, 15) is 9.90 Å². The number of pyridine rings is 1. The normalized spacial score (nSPS) is 11.4. The van der Waals surface area contributed by atoms with E-state index in [-0.39, 0.29) is 6.61 Å². The first-order chi connectivity index (χ1) is 15.6. The van der Waals surface area contributed by atoms with Gasteiger partial charge in [0.05, 0.1) is 12.3 Å². The summed E-state index contributed by atoms with van der Waals surface area (Å²) in [6.07, 6.45) is 3.31. The van der Waals surface area contributed by atoms with Crippen molar-refractivity contribution in [2.75, 3.05) is 5.73 Å². The molecule has 0 aliphatic rings. The van der Waals surface area contributed by atoms with Crippen LogP contribution in [0.1, 0.15) is 16.7 Å². The first-order valence-electron chi connectivity index (χ1n) is 10.1. The summed E-state index contributed by atoms with van der Waals surface area (Å²) < 4.78 is 3.34. The predicted molar refractivity (Wildman–Crippen MR) is 131 cm³/mol. The van der Waals surface area contributed by atoms with Crippen LogP contribution in [0.15, 0.2) is 60.1 Å². The van der Waals surface area contributed by atoms with Gasteiger partial charge in [0, 0.05) is 50.9 Å². The Kier molecular flexibility index (Phi) is 5.43. The van der Waals surface area contributed by atoms with Gasteiger partial charge in [-0.15, -0.1) is 11.3 Å². The van der Waals surface area contributed by atoms with E-state index in [0.29, 0.717) is 35.1 Å². The van der Waals surface area contributed by atoms with Gasteiger partial charge >= 0.3 is 0 Å². The molecule has 0 fully saturated rings. The monoisotopic (exact) mass is 461 g/mol. The Hall–Kier alpha value is -3.19. The molecule has 0 atom stereocenters. The van der Waals surface area contributed by atoms with Gasteiger partial charge < -0.3 is 20.2 Å². The lowest BCUT2D eigenvalue weighted by Gasteiger charge is -2.10. The van der Waals surface area contributed by atoms with Crippen molar-refractivity contribution in [3.8, 4) is 11.3 Å². The van der Waals surface area contributed by atoms with Crippen LogP contribution in [0, 0.1) is 0 Å². The fraction of sp³-hybridized carbons (Fsp3) is 0.120. The summed E-state index contributed by atoms with van der Waals surface area (Å²) in [7, 11) is 0. The number of aromatic nitrogens is 2. The number of hydrogen-bond donors (Lipinski definition) is 2. The molecule has 32 heavy (non-hydrogen) atoms. The number of rotatable bonds is 6. The van der Waals surface area contributed by atoms with Gasteiger partial charge in [0.2, 0.25) is 0 Å². The predicted octanol–water partition coefficient (Wildman–Crippen LogP) is 5.44. The van der Waals surface area contributed by atoms with E-state index in [4.69, 9.17) is 17.3 Å². The van der Waals surface area contributed by atoms with Crippen molar-refractivity contribution in [1.82, 2.24) is 9.55 Å². The zero-order chi connectivity index (χ0) is 22.2. The van der Waals surface area contributed by atoms with E-state index in [2.05, 4.69) is 14.9 Å². The fourth-order valence-electron chi connectivity index (χ4n) is 4.14. The number of fused-ring (bicyclic) bond motifs is 2. The highest BCUT2D eigenvalue weighted by atomic mass is 35.5. The summed E-state index contributed by atoms with van der Waals surface area (Å²) in [5.41, 5.74) is 11.3. The molecule has 3 N–H and O–H groups in total. The van der Waals surface area contributed by atoms with Crippen LogP contribution < -0.4 is 5.73 Å². The molecule has 0 amide bonds. The molecular formula is C25H20ClN3O2S. The first-order valence-corrected chi connectivity index (χ1v) is 11.4. The number of nitrogen functional groups attached to an aromatic ring is 1. The van der Waals surface area contributed by atoms with Gasteiger partial charge in [0.25, 0.3) is 0 Å². The summed E-state index contributed by atoms with van der Waals surface area (Å²) in [5, 5.41) is 14.8. The molecule has 0 aliphatic carbocycles. The topological polar surface area (TPSA) is 81.1 Å². The Balaban J connectivity index is 1.66. The largest absolute Gasteiger partial charge is 0.392 e. The van der Waals surface area contributed by atoms with E-state index in [1.54, 1.807) is 23.5 Å². The molecule has 160 valence electrons. The zero-order valence-corrected chi connectivity index (χ0v) is 18.7. The summed E-state index contributed by atoms with van der Waals surface area (Å²) >= 11 is 7.93. The van der Waals surface area contributed by atoms with Crippen LogP contribution in [0.25, 0.3) is 32.2 Å². The maximum Gasteiger partial charge on any atom is 0.124 e. The minimum absolute atomic E-state index is 0.125. The third-order valence-electron chi connectivity index (χ3n) is 5.67. The van der Waals surface area contributed by atoms with E-state index < -0.39 is 0 Å². The van der Waals surface area contributed by atoms with E-state index >= 15 is 0 Å². The van der Waals surface area contributed by atoms with Crippen molar-refractivity contribution >= 4 is 56.0 Å². The highest BCUT2D eigenvalue weighted by Gasteiger charge is 2.14. The molecule has 5 rings (SSSR count). The number of carbonyl (C=O) groups excluding carboxylic acids is 1. The number of nitrogens with zero attached hydrogens (tertiary/aromatic N) is 2. The van der Waals surface area contributed by atoms with Crippen molar-refractivity contribution in [3.05, 3.63) is 81.8 Å². The van der Waals surface area contributed by atoms with Crippen LogP contribution >= 0.6 is 22.9 Å². The molecule has 2 aromatic carbocycles. The highest BCUT2D eigenvalue weighted by Crippen LogP contribution is 2.33. The number of thiophene rings is 1. The smallest absolute Gasteiger partial charge is 0.124 e. The third kappa shape index (κ3) is 3.66. The van der Waals surface area contributed by atoms with Crippen LogP contribution in [0.4, 0.5) is 5.82 Å². The maximum atomic E-state index is 11.3. The molecule has 5 nitrogen and oxygen atoms in total. The third-order valence-corrected chi connectivity index (χ3v) is 6.92. The number of aliphatic hydroxyl groups is 1. The van der Waals surface area contributed by atoms with Gasteiger partial charge in [0.15, 0.2) is 0 Å². The fourth-order valence-corrected chi connectivity index (χ4v) is 5.25. The number of nitrogens with two attached hydrogens (primary N) is 1. The minimum atomic E-state index is -0.125. The molecule has 5 aromatic rings. The number of benzene rings is 2. The first kappa shape index (κ1) is 20.7. The van der Waals surface area contributed by atoms with Crippen molar-refractivity contribution in [2.24, 2.45) is 0 Å². The molecule has 0 bridgehead atoms. The molecule has 0 spiro atoms. The van der Waals surface area contributed by atoms with Crippen LogP contribution in [-0.4, -0.2) is 20.9 Å². The molecule has 3 heterocycles. The van der Waals surface area contributed by atoms with Crippen molar-refractivity contribution in [3.63, 3.8) is 0 Å². The average molecular weight is 462 g/mol. The van der Waals surface area contributed by atoms with Gasteiger partial charge in [-0.2, -0.15) is 0 Å². The molecule has 7 heteroatoms. The van der Waals surface area contributed by atoms with Crippen molar-refractivity contribution in [2.45, 2.75) is 19.6 Å². The minimum Gasteiger partial charge on any atom is -0.392 e. The Bertz CT molecular complexity index is 1470. The number of halogens is 1. The van der Waals surface area contributed by atoms with Gasteiger partial charge in [0.1, 0.15) is 12.1 Å². The van der Waals surface area contributed by atoms with Crippen LogP contribution in [-0.2, 0) is 24.4 Å². The summed E-state index contributed by atoms with van der Waals surface area (Å²) in [5.74, 6) is 0.399. The standard InChI is InChI=1S/C25H20ClN3O2S/c26-19-3-5-23-21(10-19)18(14-32-23)12-29-11-16(7-8-30)20-4-1-15(9-22(20)29)25-17(13-31)2-6-24(27)28-25/h1-6,8-11,14,31H,7,12-13H2,(H2,27,28). The van der Waals surface area contributed by atoms with Gasteiger partial charge in [-0.3, -0.25) is 0 Å². The molecular weight excluding hydrogens is 442 g/mol. The quantitative estimate of drug-likeness (QED) is 0.330. The second kappa shape index (κ2) is 8.39. The molecule has 3 aromatic heterocycles. The second-order valence-electron chi connectivity index (χ2n) is 7.69. The molecule has 0 saturated carbocycles. The van der Waals surface area contributed by atoms with Gasteiger partial charge in [-0.05, 0) is 52.2 Å². The Morgan fingerprint density at radius 3 is 2.75 bits per heavy atom. The van der Waals surface area contributed by atoms with Crippen LogP contribution in [0.3, 0.4) is 0 Å². The van der Waals surface area contributed by atoms with E-state index in [1.165, 1.54) is 10.3 Å². The number of aliphatic hydroxyl groups excluding tert-OH is 1. The second-order valence-corrected chi connectivity index (χ2v) is 9.04. The zero-order valence-electron chi connectivity index (χ0n) is 17.1. The summed E-state index contributed by atoms with van der Waals surface area (Å²) in [6, 6.07) is 15.4. The lowest BCUT2D eigenvalue weighted by Crippen LogP contribution is -1.99. The van der Waals surface area contributed by atoms with Gasteiger partial charge in [-0.25, -0.2) is 4.98 Å². The van der Waals surface area contributed by atoms with Gasteiger partial charge in [-0.1, -0.05) is 29.8 Å². The van der Waals surface area contributed by atoms with Crippen LogP contribution in [0.2, 0.25) is 5.02 Å². The maximum absolute atomic E-state index is 11.3. The number of carbonyl (C=O) groups is 1. The molecule has 0 radical (unpaired) electrons. The Morgan fingerprint density at radius 2 is 1.94 bits per heavy atom. The highest BCUT2D eigenvalue weighted by molar-refractivity contribution is 7.17. The van der Waals surface area contributed by atoms with Crippen molar-refractivity contribution < 1.29 is 9.90 Å². The molecule has 0 unspecified atom stereocenters. The van der Waals surface area contributed by atoms with Crippen molar-refractivity contribution in [1.29, 1.82) is 0 Å². The number of aldehydes is 1.